The van der Waals surface area contributed by atoms with Crippen molar-refractivity contribution in [2.24, 2.45) is 11.8 Å². The van der Waals surface area contributed by atoms with Crippen molar-refractivity contribution in [3.05, 3.63) is 30.1 Å². The number of benzene rings is 1. The second-order valence-corrected chi connectivity index (χ2v) is 5.66. The fraction of sp³-hybridized carbons (Fsp3) is 0.562. The maximum absolute atomic E-state index is 13.4. The summed E-state index contributed by atoms with van der Waals surface area (Å²) in [5.41, 5.74) is 0. The van der Waals surface area contributed by atoms with Crippen LogP contribution in [0.15, 0.2) is 24.3 Å². The molecule has 0 N–H and O–H groups in total. The summed E-state index contributed by atoms with van der Waals surface area (Å²) in [5, 5.41) is 0. The molecule has 1 saturated heterocycles. The molecule has 1 aliphatic heterocycles. The third-order valence-electron chi connectivity index (χ3n) is 3.73. The highest BCUT2D eigenvalue weighted by Crippen LogP contribution is 2.22. The van der Waals surface area contributed by atoms with Gasteiger partial charge in [-0.25, -0.2) is 4.39 Å². The zero-order chi connectivity index (χ0) is 14.5. The Bertz CT molecular complexity index is 454. The molecule has 3 nitrogen and oxygen atoms in total. The van der Waals surface area contributed by atoms with E-state index in [0.717, 1.165) is 25.9 Å². The van der Waals surface area contributed by atoms with E-state index in [4.69, 9.17) is 4.74 Å². The molecule has 20 heavy (non-hydrogen) atoms. The number of carbonyl (C=O) groups excluding carboxylic acids is 1. The molecule has 1 amide bonds. The van der Waals surface area contributed by atoms with Gasteiger partial charge in [0.25, 0.3) is 0 Å². The van der Waals surface area contributed by atoms with Gasteiger partial charge in [0.1, 0.15) is 0 Å². The van der Waals surface area contributed by atoms with E-state index >= 15 is 0 Å². The van der Waals surface area contributed by atoms with Crippen LogP contribution in [0.25, 0.3) is 0 Å². The van der Waals surface area contributed by atoms with Crippen LogP contribution in [0, 0.1) is 17.7 Å². The molecule has 1 aromatic carbocycles. The number of carbonyl (C=O) groups is 1. The van der Waals surface area contributed by atoms with Gasteiger partial charge in [0, 0.05) is 19.0 Å². The first-order valence-electron chi connectivity index (χ1n) is 7.24. The van der Waals surface area contributed by atoms with Crippen molar-refractivity contribution in [3.8, 4) is 5.75 Å². The maximum Gasteiger partial charge on any atom is 0.225 e. The molecule has 0 unspecified atom stereocenters. The first-order chi connectivity index (χ1) is 9.58. The summed E-state index contributed by atoms with van der Waals surface area (Å²) in [4.78, 5) is 13.8. The number of amides is 1. The van der Waals surface area contributed by atoms with Gasteiger partial charge in [-0.1, -0.05) is 26.0 Å². The van der Waals surface area contributed by atoms with E-state index in [1.165, 1.54) is 6.07 Å². The van der Waals surface area contributed by atoms with E-state index in [0.29, 0.717) is 18.3 Å². The molecule has 1 aromatic rings. The Kier molecular flexibility index (Phi) is 4.99. The van der Waals surface area contributed by atoms with Gasteiger partial charge in [0.2, 0.25) is 5.91 Å². The van der Waals surface area contributed by atoms with Gasteiger partial charge in [-0.2, -0.15) is 0 Å². The summed E-state index contributed by atoms with van der Waals surface area (Å²) in [7, 11) is 0. The standard InChI is InChI=1S/C16H22FNO2/c1-12(2)16(19)18-9-7-13(8-10-18)11-20-15-6-4-3-5-14(15)17/h3-6,12-13H,7-11H2,1-2H3. The number of rotatable bonds is 4. The lowest BCUT2D eigenvalue weighted by molar-refractivity contribution is -0.136. The van der Waals surface area contributed by atoms with Gasteiger partial charge in [-0.3, -0.25) is 4.79 Å². The number of para-hydroxylation sites is 1. The Morgan fingerprint density at radius 2 is 2.00 bits per heavy atom. The first kappa shape index (κ1) is 14.8. The van der Waals surface area contributed by atoms with Crippen LogP contribution in [0.1, 0.15) is 26.7 Å². The summed E-state index contributed by atoms with van der Waals surface area (Å²) in [6.07, 6.45) is 1.85. The molecule has 0 spiro atoms. The van der Waals surface area contributed by atoms with E-state index in [9.17, 15) is 9.18 Å². The minimum atomic E-state index is -0.320. The van der Waals surface area contributed by atoms with Gasteiger partial charge in [-0.15, -0.1) is 0 Å². The molecule has 0 aromatic heterocycles. The second-order valence-electron chi connectivity index (χ2n) is 5.66. The molecule has 1 aliphatic rings. The second kappa shape index (κ2) is 6.73. The van der Waals surface area contributed by atoms with Crippen molar-refractivity contribution in [2.45, 2.75) is 26.7 Å². The normalized spacial score (nSPS) is 16.5. The van der Waals surface area contributed by atoms with E-state index in [1.807, 2.05) is 18.7 Å². The average molecular weight is 279 g/mol. The lowest BCUT2D eigenvalue weighted by atomic mass is 9.97. The molecule has 4 heteroatoms. The van der Waals surface area contributed by atoms with Crippen LogP contribution in [0.2, 0.25) is 0 Å². The van der Waals surface area contributed by atoms with Crippen LogP contribution in [0.4, 0.5) is 4.39 Å². The van der Waals surface area contributed by atoms with E-state index in [-0.39, 0.29) is 17.6 Å². The fourth-order valence-corrected chi connectivity index (χ4v) is 2.45. The van der Waals surface area contributed by atoms with E-state index < -0.39 is 0 Å². The van der Waals surface area contributed by atoms with Crippen molar-refractivity contribution >= 4 is 5.91 Å². The highest BCUT2D eigenvalue weighted by atomic mass is 19.1. The van der Waals surface area contributed by atoms with Crippen molar-refractivity contribution < 1.29 is 13.9 Å². The zero-order valence-electron chi connectivity index (χ0n) is 12.1. The molecule has 0 bridgehead atoms. The summed E-state index contributed by atoms with van der Waals surface area (Å²) in [6, 6.07) is 6.46. The number of hydrogen-bond acceptors (Lipinski definition) is 2. The predicted molar refractivity (Wildman–Crippen MR) is 76.0 cm³/mol. The summed E-state index contributed by atoms with van der Waals surface area (Å²) < 4.78 is 19.0. The minimum Gasteiger partial charge on any atom is -0.490 e. The van der Waals surface area contributed by atoms with Gasteiger partial charge in [0.15, 0.2) is 11.6 Å². The SMILES string of the molecule is CC(C)C(=O)N1CCC(COc2ccccc2F)CC1. The third kappa shape index (κ3) is 3.71. The van der Waals surface area contributed by atoms with E-state index in [1.54, 1.807) is 18.2 Å². The highest BCUT2D eigenvalue weighted by Gasteiger charge is 2.24. The quantitative estimate of drug-likeness (QED) is 0.847. The van der Waals surface area contributed by atoms with Crippen LogP contribution in [-0.4, -0.2) is 30.5 Å². The summed E-state index contributed by atoms with van der Waals surface area (Å²) in [6.45, 7) is 5.93. The van der Waals surface area contributed by atoms with Crippen LogP contribution in [-0.2, 0) is 4.79 Å². The minimum absolute atomic E-state index is 0.0567. The van der Waals surface area contributed by atoms with Crippen LogP contribution in [0.5, 0.6) is 5.75 Å². The number of hydrogen-bond donors (Lipinski definition) is 0. The van der Waals surface area contributed by atoms with Crippen LogP contribution in [0.3, 0.4) is 0 Å². The molecular formula is C16H22FNO2. The Balaban J connectivity index is 1.78. The maximum atomic E-state index is 13.4. The van der Waals surface area contributed by atoms with Crippen molar-refractivity contribution in [1.82, 2.24) is 4.90 Å². The van der Waals surface area contributed by atoms with Gasteiger partial charge < -0.3 is 9.64 Å². The lowest BCUT2D eigenvalue weighted by Gasteiger charge is -2.33. The first-order valence-corrected chi connectivity index (χ1v) is 7.24. The van der Waals surface area contributed by atoms with Gasteiger partial charge >= 0.3 is 0 Å². The molecule has 0 atom stereocenters. The van der Waals surface area contributed by atoms with Crippen LogP contribution < -0.4 is 4.74 Å². The smallest absolute Gasteiger partial charge is 0.225 e. The molecule has 2 rings (SSSR count). The van der Waals surface area contributed by atoms with E-state index in [2.05, 4.69) is 0 Å². The summed E-state index contributed by atoms with van der Waals surface area (Å²) in [5.74, 6) is 0.665. The molecule has 1 fully saturated rings. The molecule has 110 valence electrons. The molecule has 1 heterocycles. The Labute approximate surface area is 119 Å². The van der Waals surface area contributed by atoms with Gasteiger partial charge in [0.05, 0.1) is 6.61 Å². The molecule has 0 aliphatic carbocycles. The van der Waals surface area contributed by atoms with Crippen molar-refractivity contribution in [3.63, 3.8) is 0 Å². The Hall–Kier alpha value is -1.58. The lowest BCUT2D eigenvalue weighted by Crippen LogP contribution is -2.41. The Morgan fingerprint density at radius 3 is 2.60 bits per heavy atom. The molecular weight excluding hydrogens is 257 g/mol. The van der Waals surface area contributed by atoms with Gasteiger partial charge in [-0.05, 0) is 30.9 Å². The molecule has 0 saturated carbocycles. The monoisotopic (exact) mass is 279 g/mol. The number of likely N-dealkylation sites (tertiary alicyclic amines) is 1. The number of ether oxygens (including phenoxy) is 1. The predicted octanol–water partition coefficient (Wildman–Crippen LogP) is 3.10. The summed E-state index contributed by atoms with van der Waals surface area (Å²) >= 11 is 0. The number of piperidine rings is 1. The topological polar surface area (TPSA) is 29.5 Å². The molecule has 0 radical (unpaired) electrons. The highest BCUT2D eigenvalue weighted by molar-refractivity contribution is 5.78. The largest absolute Gasteiger partial charge is 0.490 e. The Morgan fingerprint density at radius 1 is 1.35 bits per heavy atom. The number of nitrogens with zero attached hydrogens (tertiary/aromatic N) is 1. The average Bonchev–Trinajstić information content (AvgIpc) is 2.46. The van der Waals surface area contributed by atoms with Crippen LogP contribution >= 0.6 is 0 Å². The van der Waals surface area contributed by atoms with Crippen molar-refractivity contribution in [2.75, 3.05) is 19.7 Å². The zero-order valence-corrected chi connectivity index (χ0v) is 12.1. The fourth-order valence-electron chi connectivity index (χ4n) is 2.45. The third-order valence-corrected chi connectivity index (χ3v) is 3.73. The number of halogens is 1. The van der Waals surface area contributed by atoms with Crippen molar-refractivity contribution in [1.29, 1.82) is 0 Å².